The molecule has 1 N–H and O–H groups in total. The molecule has 0 amide bonds. The first-order chi connectivity index (χ1) is 8.33. The molecule has 2 rings (SSSR count). The lowest BCUT2D eigenvalue weighted by Gasteiger charge is -2.05. The first kappa shape index (κ1) is 11.2. The van der Waals surface area contributed by atoms with Crippen molar-refractivity contribution in [2.75, 3.05) is 19.0 Å². The lowest BCUT2D eigenvalue weighted by atomic mass is 10.4. The average molecular weight is 232 g/mol. The van der Waals surface area contributed by atoms with Crippen LogP contribution in [0.1, 0.15) is 6.92 Å². The van der Waals surface area contributed by atoms with E-state index in [0.29, 0.717) is 24.1 Å². The standard InChI is InChI=1S/C10H12N6O/c1-3-17-10-15-8(14-9(11-2)16-10)7-6-12-4-5-13-7/h4-6H,3H2,1-2H3,(H,11,14,15,16). The second-order valence-corrected chi connectivity index (χ2v) is 3.04. The smallest absolute Gasteiger partial charge is 0.321 e. The highest BCUT2D eigenvalue weighted by molar-refractivity contribution is 5.49. The fraction of sp³-hybridized carbons (Fsp3) is 0.300. The van der Waals surface area contributed by atoms with Gasteiger partial charge in [-0.3, -0.25) is 4.98 Å². The van der Waals surface area contributed by atoms with Crippen molar-refractivity contribution in [1.82, 2.24) is 24.9 Å². The third kappa shape index (κ3) is 2.63. The van der Waals surface area contributed by atoms with Crippen LogP contribution in [0.2, 0.25) is 0 Å². The largest absolute Gasteiger partial charge is 0.464 e. The van der Waals surface area contributed by atoms with Crippen molar-refractivity contribution in [2.24, 2.45) is 0 Å². The number of hydrogen-bond donors (Lipinski definition) is 1. The van der Waals surface area contributed by atoms with E-state index in [-0.39, 0.29) is 6.01 Å². The van der Waals surface area contributed by atoms with Gasteiger partial charge in [0.05, 0.1) is 12.8 Å². The van der Waals surface area contributed by atoms with E-state index in [1.807, 2.05) is 6.92 Å². The molecule has 0 aromatic carbocycles. The van der Waals surface area contributed by atoms with Crippen molar-refractivity contribution in [3.8, 4) is 17.5 Å². The molecule has 0 spiro atoms. The lowest BCUT2D eigenvalue weighted by Crippen LogP contribution is -2.05. The van der Waals surface area contributed by atoms with E-state index in [4.69, 9.17) is 4.74 Å². The third-order valence-electron chi connectivity index (χ3n) is 1.90. The van der Waals surface area contributed by atoms with Gasteiger partial charge in [0, 0.05) is 19.4 Å². The van der Waals surface area contributed by atoms with Gasteiger partial charge in [-0.05, 0) is 6.92 Å². The number of nitrogens with one attached hydrogen (secondary N) is 1. The maximum Gasteiger partial charge on any atom is 0.321 e. The summed E-state index contributed by atoms with van der Waals surface area (Å²) in [5.41, 5.74) is 0.576. The van der Waals surface area contributed by atoms with Gasteiger partial charge >= 0.3 is 6.01 Å². The van der Waals surface area contributed by atoms with E-state index in [1.165, 1.54) is 0 Å². The predicted molar refractivity (Wildman–Crippen MR) is 61.6 cm³/mol. The van der Waals surface area contributed by atoms with Gasteiger partial charge in [0.2, 0.25) is 5.95 Å². The van der Waals surface area contributed by atoms with E-state index in [9.17, 15) is 0 Å². The molecular weight excluding hydrogens is 220 g/mol. The Morgan fingerprint density at radius 3 is 2.76 bits per heavy atom. The fourth-order valence-electron chi connectivity index (χ4n) is 1.19. The lowest BCUT2D eigenvalue weighted by molar-refractivity contribution is 0.312. The zero-order chi connectivity index (χ0) is 12.1. The van der Waals surface area contributed by atoms with Crippen molar-refractivity contribution in [3.63, 3.8) is 0 Å². The zero-order valence-corrected chi connectivity index (χ0v) is 9.58. The quantitative estimate of drug-likeness (QED) is 0.833. The maximum absolute atomic E-state index is 5.26. The van der Waals surface area contributed by atoms with E-state index in [0.717, 1.165) is 0 Å². The summed E-state index contributed by atoms with van der Waals surface area (Å²) in [5.74, 6) is 0.866. The van der Waals surface area contributed by atoms with Crippen LogP contribution in [0.25, 0.3) is 11.5 Å². The van der Waals surface area contributed by atoms with Crippen LogP contribution in [-0.2, 0) is 0 Å². The summed E-state index contributed by atoms with van der Waals surface area (Å²) < 4.78 is 5.26. The van der Waals surface area contributed by atoms with Gasteiger partial charge in [0.15, 0.2) is 5.82 Å². The summed E-state index contributed by atoms with van der Waals surface area (Å²) in [6.07, 6.45) is 4.76. The predicted octanol–water partition coefficient (Wildman–Crippen LogP) is 0.769. The molecule has 0 radical (unpaired) electrons. The van der Waals surface area contributed by atoms with Crippen LogP contribution in [0.3, 0.4) is 0 Å². The molecule has 2 heterocycles. The summed E-state index contributed by atoms with van der Waals surface area (Å²) >= 11 is 0. The zero-order valence-electron chi connectivity index (χ0n) is 9.58. The van der Waals surface area contributed by atoms with Crippen molar-refractivity contribution < 1.29 is 4.74 Å². The number of nitrogens with zero attached hydrogens (tertiary/aromatic N) is 5. The topological polar surface area (TPSA) is 85.7 Å². The van der Waals surface area contributed by atoms with Crippen molar-refractivity contribution in [3.05, 3.63) is 18.6 Å². The minimum Gasteiger partial charge on any atom is -0.464 e. The van der Waals surface area contributed by atoms with Crippen LogP contribution < -0.4 is 10.1 Å². The van der Waals surface area contributed by atoms with Crippen LogP contribution in [-0.4, -0.2) is 38.6 Å². The molecule has 0 saturated heterocycles. The van der Waals surface area contributed by atoms with Crippen LogP contribution in [0.4, 0.5) is 5.95 Å². The molecule has 0 aliphatic heterocycles. The molecule has 17 heavy (non-hydrogen) atoms. The molecule has 2 aromatic heterocycles. The molecule has 7 nitrogen and oxygen atoms in total. The summed E-state index contributed by atoms with van der Waals surface area (Å²) in [4.78, 5) is 20.5. The van der Waals surface area contributed by atoms with Gasteiger partial charge in [-0.1, -0.05) is 0 Å². The highest BCUT2D eigenvalue weighted by atomic mass is 16.5. The third-order valence-corrected chi connectivity index (χ3v) is 1.90. The molecule has 7 heteroatoms. The first-order valence-electron chi connectivity index (χ1n) is 5.16. The Morgan fingerprint density at radius 2 is 2.12 bits per heavy atom. The Hall–Kier alpha value is -2.31. The van der Waals surface area contributed by atoms with Crippen molar-refractivity contribution in [2.45, 2.75) is 6.92 Å². The molecule has 0 bridgehead atoms. The number of aromatic nitrogens is 5. The van der Waals surface area contributed by atoms with Gasteiger partial charge in [0.1, 0.15) is 5.69 Å². The van der Waals surface area contributed by atoms with Crippen LogP contribution in [0.15, 0.2) is 18.6 Å². The molecule has 0 aliphatic carbocycles. The monoisotopic (exact) mass is 232 g/mol. The average Bonchev–Trinajstić information content (AvgIpc) is 2.40. The number of anilines is 1. The van der Waals surface area contributed by atoms with Crippen LogP contribution >= 0.6 is 0 Å². The molecule has 0 unspecified atom stereocenters. The van der Waals surface area contributed by atoms with E-state index >= 15 is 0 Å². The van der Waals surface area contributed by atoms with Gasteiger partial charge < -0.3 is 10.1 Å². The fourth-order valence-corrected chi connectivity index (χ4v) is 1.19. The Balaban J connectivity index is 2.43. The van der Waals surface area contributed by atoms with Gasteiger partial charge in [-0.2, -0.15) is 15.0 Å². The number of ether oxygens (including phenoxy) is 1. The summed E-state index contributed by atoms with van der Waals surface area (Å²) in [6, 6.07) is 0.271. The van der Waals surface area contributed by atoms with Gasteiger partial charge in [-0.25, -0.2) is 4.98 Å². The maximum atomic E-state index is 5.26. The number of rotatable bonds is 4. The molecular formula is C10H12N6O. The summed E-state index contributed by atoms with van der Waals surface area (Å²) in [5, 5.41) is 2.85. The van der Waals surface area contributed by atoms with Crippen LogP contribution in [0, 0.1) is 0 Å². The Kier molecular flexibility index (Phi) is 3.39. The SMILES string of the molecule is CCOc1nc(NC)nc(-c2cnccn2)n1. The van der Waals surface area contributed by atoms with E-state index < -0.39 is 0 Å². The van der Waals surface area contributed by atoms with E-state index in [1.54, 1.807) is 25.6 Å². The highest BCUT2D eigenvalue weighted by Crippen LogP contribution is 2.15. The molecule has 2 aromatic rings. The summed E-state index contributed by atoms with van der Waals surface area (Å²) in [7, 11) is 1.73. The second-order valence-electron chi connectivity index (χ2n) is 3.04. The molecule has 88 valence electrons. The molecule has 0 fully saturated rings. The minimum absolute atomic E-state index is 0.271. The normalized spacial score (nSPS) is 10.0. The Labute approximate surface area is 98.3 Å². The summed E-state index contributed by atoms with van der Waals surface area (Å²) in [6.45, 7) is 2.36. The van der Waals surface area contributed by atoms with E-state index in [2.05, 4.69) is 30.2 Å². The van der Waals surface area contributed by atoms with Crippen molar-refractivity contribution >= 4 is 5.95 Å². The molecule has 0 atom stereocenters. The Morgan fingerprint density at radius 1 is 1.24 bits per heavy atom. The van der Waals surface area contributed by atoms with Gasteiger partial charge in [0.25, 0.3) is 0 Å². The second kappa shape index (κ2) is 5.15. The molecule has 0 saturated carbocycles. The van der Waals surface area contributed by atoms with Gasteiger partial charge in [-0.15, -0.1) is 0 Å². The first-order valence-corrected chi connectivity index (χ1v) is 5.16. The van der Waals surface area contributed by atoms with Crippen molar-refractivity contribution in [1.29, 1.82) is 0 Å². The highest BCUT2D eigenvalue weighted by Gasteiger charge is 2.09. The number of hydrogen-bond acceptors (Lipinski definition) is 7. The van der Waals surface area contributed by atoms with Crippen LogP contribution in [0.5, 0.6) is 6.01 Å². The Bertz CT molecular complexity index is 489. The molecule has 0 aliphatic rings. The minimum atomic E-state index is 0.271.